The Morgan fingerprint density at radius 2 is 1.75 bits per heavy atom. The van der Waals surface area contributed by atoms with Gasteiger partial charge in [0.15, 0.2) is 0 Å². The van der Waals surface area contributed by atoms with Crippen molar-refractivity contribution in [2.45, 2.75) is 25.4 Å². The molecule has 0 unspecified atom stereocenters. The van der Waals surface area contributed by atoms with Crippen LogP contribution >= 0.6 is 23.2 Å². The van der Waals surface area contributed by atoms with Crippen LogP contribution in [0, 0.1) is 5.82 Å². The van der Waals surface area contributed by atoms with Gasteiger partial charge in [0.05, 0.1) is 6.10 Å². The first-order valence-corrected chi connectivity index (χ1v) is 7.19. The van der Waals surface area contributed by atoms with Gasteiger partial charge >= 0.3 is 0 Å². The highest BCUT2D eigenvalue weighted by Crippen LogP contribution is 2.24. The Morgan fingerprint density at radius 1 is 1.05 bits per heavy atom. The molecule has 4 heteroatoms. The van der Waals surface area contributed by atoms with Crippen LogP contribution in [0.25, 0.3) is 0 Å². The maximum absolute atomic E-state index is 12.8. The normalized spacial score (nSPS) is 12.4. The highest BCUT2D eigenvalue weighted by molar-refractivity contribution is 6.35. The highest BCUT2D eigenvalue weighted by atomic mass is 35.5. The minimum atomic E-state index is -0.582. The molecule has 0 spiro atoms. The Labute approximate surface area is 128 Å². The summed E-state index contributed by atoms with van der Waals surface area (Å²) in [6, 6.07) is 11.3. The summed E-state index contributed by atoms with van der Waals surface area (Å²) in [6.07, 6.45) is 1.58. The fourth-order valence-corrected chi connectivity index (χ4v) is 2.56. The highest BCUT2D eigenvalue weighted by Gasteiger charge is 2.08. The molecule has 2 aromatic carbocycles. The molecule has 2 aromatic rings. The van der Waals surface area contributed by atoms with Gasteiger partial charge in [0.25, 0.3) is 0 Å². The molecule has 0 bridgehead atoms. The third kappa shape index (κ3) is 4.20. The number of aliphatic hydroxyl groups is 1. The van der Waals surface area contributed by atoms with Crippen LogP contribution < -0.4 is 0 Å². The lowest BCUT2D eigenvalue weighted by molar-refractivity contribution is 0.164. The molecule has 2 rings (SSSR count). The minimum absolute atomic E-state index is 0.297. The van der Waals surface area contributed by atoms with E-state index >= 15 is 0 Å². The lowest BCUT2D eigenvalue weighted by Crippen LogP contribution is -1.99. The third-order valence-electron chi connectivity index (χ3n) is 3.19. The first kappa shape index (κ1) is 15.3. The number of hydrogen-bond acceptors (Lipinski definition) is 1. The van der Waals surface area contributed by atoms with Gasteiger partial charge in [-0.1, -0.05) is 41.4 Å². The number of benzene rings is 2. The van der Waals surface area contributed by atoms with Crippen LogP contribution in [0.5, 0.6) is 0 Å². The van der Waals surface area contributed by atoms with Crippen LogP contribution in [0.1, 0.15) is 30.1 Å². The fourth-order valence-electron chi connectivity index (χ4n) is 2.06. The van der Waals surface area contributed by atoms with E-state index in [9.17, 15) is 9.50 Å². The molecular weight excluding hydrogens is 298 g/mol. The van der Waals surface area contributed by atoms with Crippen LogP contribution in [0.4, 0.5) is 4.39 Å². The Hall–Kier alpha value is -1.09. The fraction of sp³-hybridized carbons (Fsp3) is 0.250. The van der Waals surface area contributed by atoms with E-state index in [0.29, 0.717) is 16.5 Å². The molecule has 0 saturated carbocycles. The summed E-state index contributed by atoms with van der Waals surface area (Å²) in [6.45, 7) is 0. The molecule has 0 aliphatic carbocycles. The lowest BCUT2D eigenvalue weighted by atomic mass is 10.0. The van der Waals surface area contributed by atoms with Crippen molar-refractivity contribution in [1.82, 2.24) is 0 Å². The predicted molar refractivity (Wildman–Crippen MR) is 80.8 cm³/mol. The zero-order valence-electron chi connectivity index (χ0n) is 10.8. The van der Waals surface area contributed by atoms with Gasteiger partial charge in [0.1, 0.15) is 5.82 Å². The van der Waals surface area contributed by atoms with Crippen LogP contribution in [0.3, 0.4) is 0 Å². The summed E-state index contributed by atoms with van der Waals surface area (Å²) < 4.78 is 12.8. The van der Waals surface area contributed by atoms with Gasteiger partial charge in [0, 0.05) is 10.0 Å². The number of halogens is 3. The standard InChI is InChI=1S/C16H15Cl2FO/c17-13-7-4-11(15(18)10-13)2-1-3-16(20)12-5-8-14(19)9-6-12/h4-10,16,20H,1-3H2/t16-/m0/s1. The Balaban J connectivity index is 1.87. The Kier molecular flexibility index (Phi) is 5.41. The molecular formula is C16H15Cl2FO. The molecule has 20 heavy (non-hydrogen) atoms. The van der Waals surface area contributed by atoms with E-state index in [-0.39, 0.29) is 5.82 Å². The predicted octanol–water partition coefficient (Wildman–Crippen LogP) is 5.19. The van der Waals surface area contributed by atoms with E-state index in [1.807, 2.05) is 6.07 Å². The van der Waals surface area contributed by atoms with Crippen molar-refractivity contribution in [1.29, 1.82) is 0 Å². The van der Waals surface area contributed by atoms with Crippen molar-refractivity contribution in [3.8, 4) is 0 Å². The van der Waals surface area contributed by atoms with Gasteiger partial charge < -0.3 is 5.11 Å². The second-order valence-electron chi connectivity index (χ2n) is 4.70. The average Bonchev–Trinajstić information content (AvgIpc) is 2.42. The summed E-state index contributed by atoms with van der Waals surface area (Å²) in [5.74, 6) is -0.297. The van der Waals surface area contributed by atoms with Gasteiger partial charge in [-0.3, -0.25) is 0 Å². The van der Waals surface area contributed by atoms with Crippen LogP contribution in [-0.4, -0.2) is 5.11 Å². The van der Waals surface area contributed by atoms with Crippen LogP contribution in [0.2, 0.25) is 10.0 Å². The number of aryl methyl sites for hydroxylation is 1. The summed E-state index contributed by atoms with van der Waals surface area (Å²) in [4.78, 5) is 0. The summed E-state index contributed by atoms with van der Waals surface area (Å²) in [7, 11) is 0. The first-order valence-electron chi connectivity index (χ1n) is 6.44. The van der Waals surface area contributed by atoms with Gasteiger partial charge in [0.2, 0.25) is 0 Å². The molecule has 0 heterocycles. The van der Waals surface area contributed by atoms with Gasteiger partial charge in [-0.05, 0) is 54.7 Å². The molecule has 0 aliphatic heterocycles. The molecule has 0 radical (unpaired) electrons. The zero-order chi connectivity index (χ0) is 14.5. The molecule has 0 aromatic heterocycles. The van der Waals surface area contributed by atoms with E-state index < -0.39 is 6.10 Å². The van der Waals surface area contributed by atoms with Gasteiger partial charge in [-0.15, -0.1) is 0 Å². The summed E-state index contributed by atoms with van der Waals surface area (Å²) >= 11 is 11.9. The second-order valence-corrected chi connectivity index (χ2v) is 5.54. The van der Waals surface area contributed by atoms with E-state index in [1.54, 1.807) is 24.3 Å². The van der Waals surface area contributed by atoms with Crippen molar-refractivity contribution >= 4 is 23.2 Å². The average molecular weight is 313 g/mol. The van der Waals surface area contributed by atoms with Gasteiger partial charge in [-0.25, -0.2) is 4.39 Å². The van der Waals surface area contributed by atoms with E-state index in [4.69, 9.17) is 23.2 Å². The molecule has 106 valence electrons. The van der Waals surface area contributed by atoms with E-state index in [0.717, 1.165) is 24.0 Å². The van der Waals surface area contributed by atoms with Crippen molar-refractivity contribution < 1.29 is 9.50 Å². The Bertz CT molecular complexity index is 569. The van der Waals surface area contributed by atoms with Crippen molar-refractivity contribution in [3.63, 3.8) is 0 Å². The molecule has 1 nitrogen and oxygen atoms in total. The van der Waals surface area contributed by atoms with Crippen LogP contribution in [-0.2, 0) is 6.42 Å². The van der Waals surface area contributed by atoms with Crippen LogP contribution in [0.15, 0.2) is 42.5 Å². The first-order chi connectivity index (χ1) is 9.56. The van der Waals surface area contributed by atoms with E-state index in [2.05, 4.69) is 0 Å². The maximum Gasteiger partial charge on any atom is 0.123 e. The molecule has 1 atom stereocenters. The maximum atomic E-state index is 12.8. The van der Waals surface area contributed by atoms with Crippen molar-refractivity contribution in [2.75, 3.05) is 0 Å². The van der Waals surface area contributed by atoms with E-state index in [1.165, 1.54) is 12.1 Å². The van der Waals surface area contributed by atoms with Crippen molar-refractivity contribution in [3.05, 3.63) is 69.5 Å². The molecule has 0 amide bonds. The zero-order valence-corrected chi connectivity index (χ0v) is 12.3. The van der Waals surface area contributed by atoms with Crippen molar-refractivity contribution in [2.24, 2.45) is 0 Å². The third-order valence-corrected chi connectivity index (χ3v) is 3.78. The minimum Gasteiger partial charge on any atom is -0.388 e. The molecule has 1 N–H and O–H groups in total. The smallest absolute Gasteiger partial charge is 0.123 e. The number of hydrogen-bond donors (Lipinski definition) is 1. The lowest BCUT2D eigenvalue weighted by Gasteiger charge is -2.11. The summed E-state index contributed by atoms with van der Waals surface area (Å²) in [5, 5.41) is 11.3. The monoisotopic (exact) mass is 312 g/mol. The Morgan fingerprint density at radius 3 is 2.40 bits per heavy atom. The molecule has 0 saturated heterocycles. The topological polar surface area (TPSA) is 20.2 Å². The van der Waals surface area contributed by atoms with Gasteiger partial charge in [-0.2, -0.15) is 0 Å². The number of aliphatic hydroxyl groups excluding tert-OH is 1. The summed E-state index contributed by atoms with van der Waals surface area (Å²) in [5.41, 5.74) is 1.75. The quantitative estimate of drug-likeness (QED) is 0.805. The molecule has 0 aliphatic rings. The largest absolute Gasteiger partial charge is 0.388 e. The SMILES string of the molecule is O[C@@H](CCCc1ccc(Cl)cc1Cl)c1ccc(F)cc1. The number of rotatable bonds is 5. The second kappa shape index (κ2) is 7.07. The molecule has 0 fully saturated rings.